The van der Waals surface area contributed by atoms with Gasteiger partial charge in [0.15, 0.2) is 0 Å². The van der Waals surface area contributed by atoms with Gasteiger partial charge >= 0.3 is 0 Å². The quantitative estimate of drug-likeness (QED) is 0.554. The fraction of sp³-hybridized carbons (Fsp3) is 0.304. The van der Waals surface area contributed by atoms with E-state index in [1.807, 2.05) is 9.80 Å². The summed E-state index contributed by atoms with van der Waals surface area (Å²) < 4.78 is 5.68. The van der Waals surface area contributed by atoms with Crippen molar-refractivity contribution in [1.29, 1.82) is 0 Å². The van der Waals surface area contributed by atoms with Crippen LogP contribution in [0.15, 0.2) is 53.5 Å². The second-order valence-corrected chi connectivity index (χ2v) is 9.16. The second-order valence-electron chi connectivity index (χ2n) is 8.01. The first-order chi connectivity index (χ1) is 16.1. The van der Waals surface area contributed by atoms with Crippen molar-refractivity contribution >= 4 is 34.8 Å². The molecule has 4 heterocycles. The summed E-state index contributed by atoms with van der Waals surface area (Å²) in [6, 6.07) is 10.8. The predicted octanol–water partition coefficient (Wildman–Crippen LogP) is 3.27. The number of aromatic nitrogens is 2. The number of piperazine rings is 1. The lowest BCUT2D eigenvalue weighted by Crippen LogP contribution is -2.64. The average molecular weight is 484 g/mol. The zero-order chi connectivity index (χ0) is 22.8. The van der Waals surface area contributed by atoms with Crippen molar-refractivity contribution in [2.45, 2.75) is 6.04 Å². The first-order valence-corrected chi connectivity index (χ1v) is 12.0. The molecule has 0 saturated carbocycles. The number of halogens is 1. The first kappa shape index (κ1) is 21.8. The standard InChI is InChI=1S/C23H22ClN5O3S/c24-17-3-6-21(25-11-17)32-19-4-1-16(2-5-19)22(30)29-12-18(13-29)27-7-9-28(10-8-27)23(31)20-14-33-15-26-20/h1-6,11,14-15,18H,7-10,12-13H2. The molecular formula is C23H22ClN5O3S. The molecule has 10 heteroatoms. The summed E-state index contributed by atoms with van der Waals surface area (Å²) in [6.07, 6.45) is 1.52. The molecule has 0 spiro atoms. The Morgan fingerprint density at radius 1 is 0.939 bits per heavy atom. The minimum absolute atomic E-state index is 0.000541. The van der Waals surface area contributed by atoms with Crippen LogP contribution in [0.5, 0.6) is 11.6 Å². The number of hydrogen-bond acceptors (Lipinski definition) is 7. The van der Waals surface area contributed by atoms with Gasteiger partial charge < -0.3 is 14.5 Å². The van der Waals surface area contributed by atoms with Crippen LogP contribution in [0.1, 0.15) is 20.8 Å². The van der Waals surface area contributed by atoms with Gasteiger partial charge in [0.25, 0.3) is 11.8 Å². The Morgan fingerprint density at radius 3 is 2.33 bits per heavy atom. The van der Waals surface area contributed by atoms with Gasteiger partial charge in [-0.2, -0.15) is 0 Å². The predicted molar refractivity (Wildman–Crippen MR) is 125 cm³/mol. The number of thiazole rings is 1. The van der Waals surface area contributed by atoms with Gasteiger partial charge in [0.05, 0.1) is 10.5 Å². The van der Waals surface area contributed by atoms with Crippen molar-refractivity contribution in [3.63, 3.8) is 0 Å². The maximum absolute atomic E-state index is 12.8. The smallest absolute Gasteiger partial charge is 0.273 e. The average Bonchev–Trinajstić information content (AvgIpc) is 3.35. The van der Waals surface area contributed by atoms with Crippen LogP contribution >= 0.6 is 22.9 Å². The Balaban J connectivity index is 1.09. The fourth-order valence-corrected chi connectivity index (χ4v) is 4.65. The molecule has 5 rings (SSSR count). The topological polar surface area (TPSA) is 78.9 Å². The van der Waals surface area contributed by atoms with E-state index in [4.69, 9.17) is 16.3 Å². The lowest BCUT2D eigenvalue weighted by molar-refractivity contribution is 0.00844. The van der Waals surface area contributed by atoms with Gasteiger partial charge in [0.2, 0.25) is 5.88 Å². The van der Waals surface area contributed by atoms with E-state index in [1.165, 1.54) is 17.5 Å². The number of benzene rings is 1. The van der Waals surface area contributed by atoms with Crippen molar-refractivity contribution in [2.24, 2.45) is 0 Å². The van der Waals surface area contributed by atoms with E-state index in [1.54, 1.807) is 47.3 Å². The van der Waals surface area contributed by atoms with Gasteiger partial charge in [-0.05, 0) is 30.3 Å². The molecule has 3 aromatic rings. The molecule has 2 saturated heterocycles. The summed E-state index contributed by atoms with van der Waals surface area (Å²) in [6.45, 7) is 4.40. The minimum atomic E-state index is 0.000541. The third kappa shape index (κ3) is 4.85. The Labute approximate surface area is 200 Å². The van der Waals surface area contributed by atoms with E-state index in [2.05, 4.69) is 14.9 Å². The van der Waals surface area contributed by atoms with Crippen LogP contribution in [0.25, 0.3) is 0 Å². The number of likely N-dealkylation sites (tertiary alicyclic amines) is 1. The summed E-state index contributed by atoms with van der Waals surface area (Å²) in [4.78, 5) is 39.6. The van der Waals surface area contributed by atoms with Crippen LogP contribution in [0.4, 0.5) is 0 Å². The zero-order valence-electron chi connectivity index (χ0n) is 17.8. The SMILES string of the molecule is O=C(c1ccc(Oc2ccc(Cl)cn2)cc1)N1CC(N2CCN(C(=O)c3cscn3)CC2)C1. The third-order valence-corrected chi connectivity index (χ3v) is 6.75. The number of ether oxygens (including phenoxy) is 1. The highest BCUT2D eigenvalue weighted by Gasteiger charge is 2.37. The van der Waals surface area contributed by atoms with E-state index < -0.39 is 0 Å². The van der Waals surface area contributed by atoms with Crippen LogP contribution in [-0.2, 0) is 0 Å². The molecule has 2 aliphatic rings. The summed E-state index contributed by atoms with van der Waals surface area (Å²) in [5.41, 5.74) is 2.83. The Hall–Kier alpha value is -3.01. The number of pyridine rings is 1. The largest absolute Gasteiger partial charge is 0.439 e. The summed E-state index contributed by atoms with van der Waals surface area (Å²) in [5, 5.41) is 2.33. The molecule has 2 amide bonds. The van der Waals surface area contributed by atoms with E-state index in [9.17, 15) is 9.59 Å². The molecular weight excluding hydrogens is 462 g/mol. The minimum Gasteiger partial charge on any atom is -0.439 e. The highest BCUT2D eigenvalue weighted by atomic mass is 35.5. The number of amides is 2. The lowest BCUT2D eigenvalue weighted by Gasteiger charge is -2.48. The molecule has 8 nitrogen and oxygen atoms in total. The Morgan fingerprint density at radius 2 is 1.70 bits per heavy atom. The molecule has 0 unspecified atom stereocenters. The molecule has 0 bridgehead atoms. The molecule has 0 atom stereocenters. The van der Waals surface area contributed by atoms with Gasteiger partial charge in [-0.3, -0.25) is 14.5 Å². The molecule has 0 aliphatic carbocycles. The van der Waals surface area contributed by atoms with E-state index in [0.717, 1.165) is 13.1 Å². The van der Waals surface area contributed by atoms with Crippen molar-refractivity contribution in [1.82, 2.24) is 24.7 Å². The number of hydrogen-bond donors (Lipinski definition) is 0. The van der Waals surface area contributed by atoms with Crippen molar-refractivity contribution in [3.05, 3.63) is 69.8 Å². The van der Waals surface area contributed by atoms with Crippen LogP contribution < -0.4 is 4.74 Å². The van der Waals surface area contributed by atoms with Crippen molar-refractivity contribution in [3.8, 4) is 11.6 Å². The van der Waals surface area contributed by atoms with E-state index >= 15 is 0 Å². The van der Waals surface area contributed by atoms with Crippen LogP contribution in [0.3, 0.4) is 0 Å². The molecule has 1 aromatic carbocycles. The highest BCUT2D eigenvalue weighted by Crippen LogP contribution is 2.24. The maximum atomic E-state index is 12.8. The zero-order valence-corrected chi connectivity index (χ0v) is 19.3. The van der Waals surface area contributed by atoms with E-state index in [-0.39, 0.29) is 11.8 Å². The maximum Gasteiger partial charge on any atom is 0.273 e. The molecule has 2 aromatic heterocycles. The summed E-state index contributed by atoms with van der Waals surface area (Å²) in [5.74, 6) is 1.06. The van der Waals surface area contributed by atoms with Crippen LogP contribution in [0.2, 0.25) is 5.02 Å². The molecule has 0 N–H and O–H groups in total. The van der Waals surface area contributed by atoms with Gasteiger partial charge in [-0.15, -0.1) is 11.3 Å². The molecule has 0 radical (unpaired) electrons. The molecule has 2 fully saturated rings. The number of carbonyl (C=O) groups is 2. The second kappa shape index (κ2) is 9.46. The molecule has 2 aliphatic heterocycles. The van der Waals surface area contributed by atoms with Crippen LogP contribution in [-0.4, -0.2) is 81.8 Å². The highest BCUT2D eigenvalue weighted by molar-refractivity contribution is 7.07. The number of rotatable bonds is 5. The van der Waals surface area contributed by atoms with E-state index in [0.29, 0.717) is 60.1 Å². The van der Waals surface area contributed by atoms with Crippen LogP contribution in [0, 0.1) is 0 Å². The molecule has 170 valence electrons. The fourth-order valence-electron chi connectivity index (χ4n) is 4.01. The van der Waals surface area contributed by atoms with Gasteiger partial charge in [-0.25, -0.2) is 9.97 Å². The number of carbonyl (C=O) groups excluding carboxylic acids is 2. The lowest BCUT2D eigenvalue weighted by atomic mass is 10.0. The molecule has 33 heavy (non-hydrogen) atoms. The van der Waals surface area contributed by atoms with Crippen molar-refractivity contribution < 1.29 is 14.3 Å². The Bertz CT molecular complexity index is 1110. The monoisotopic (exact) mass is 483 g/mol. The van der Waals surface area contributed by atoms with Gasteiger partial charge in [-0.1, -0.05) is 11.6 Å². The Kier molecular flexibility index (Phi) is 6.26. The van der Waals surface area contributed by atoms with Gasteiger partial charge in [0.1, 0.15) is 11.4 Å². The third-order valence-electron chi connectivity index (χ3n) is 5.94. The summed E-state index contributed by atoms with van der Waals surface area (Å²) >= 11 is 7.27. The van der Waals surface area contributed by atoms with Gasteiger partial charge in [0, 0.05) is 68.5 Å². The van der Waals surface area contributed by atoms with Crippen molar-refractivity contribution in [2.75, 3.05) is 39.3 Å². The summed E-state index contributed by atoms with van der Waals surface area (Å²) in [7, 11) is 0. The number of nitrogens with zero attached hydrogens (tertiary/aromatic N) is 5. The first-order valence-electron chi connectivity index (χ1n) is 10.7. The normalized spacial score (nSPS) is 17.0.